The second-order valence-electron chi connectivity index (χ2n) is 4.18. The summed E-state index contributed by atoms with van der Waals surface area (Å²) in [5, 5.41) is 12.9. The van der Waals surface area contributed by atoms with Crippen LogP contribution in [0.4, 0.5) is 0 Å². The number of rotatable bonds is 7. The summed E-state index contributed by atoms with van der Waals surface area (Å²) < 4.78 is 5.32. The van der Waals surface area contributed by atoms with Crippen LogP contribution in [0.2, 0.25) is 0 Å². The Labute approximate surface area is 97.0 Å². The molecule has 90 valence electrons. The molecule has 0 saturated carbocycles. The number of thioether (sulfide) groups is 1. The zero-order chi connectivity index (χ0) is 11.0. The normalized spacial score (nSPS) is 20.4. The van der Waals surface area contributed by atoms with Gasteiger partial charge in [-0.25, -0.2) is 0 Å². The third-order valence-corrected chi connectivity index (χ3v) is 3.72. The minimum absolute atomic E-state index is 0.0579. The molecule has 4 heteroatoms. The van der Waals surface area contributed by atoms with Crippen LogP contribution in [0.15, 0.2) is 0 Å². The molecule has 3 nitrogen and oxygen atoms in total. The zero-order valence-electron chi connectivity index (χ0n) is 9.63. The summed E-state index contributed by atoms with van der Waals surface area (Å²) >= 11 is 1.90. The molecule has 0 aromatic carbocycles. The van der Waals surface area contributed by atoms with E-state index in [1.165, 1.54) is 18.6 Å². The molecule has 15 heavy (non-hydrogen) atoms. The first kappa shape index (κ1) is 13.3. The summed E-state index contributed by atoms with van der Waals surface area (Å²) in [7, 11) is 0. The van der Waals surface area contributed by atoms with Crippen LogP contribution in [0.3, 0.4) is 0 Å². The average Bonchev–Trinajstić information content (AvgIpc) is 2.30. The SMILES string of the molecule is CSCCCCNC1(CO)CCOCC1. The van der Waals surface area contributed by atoms with E-state index < -0.39 is 0 Å². The smallest absolute Gasteiger partial charge is 0.0615 e. The summed E-state index contributed by atoms with van der Waals surface area (Å²) in [5.74, 6) is 1.23. The number of hydrogen-bond acceptors (Lipinski definition) is 4. The van der Waals surface area contributed by atoms with Gasteiger partial charge in [0.05, 0.1) is 6.61 Å². The van der Waals surface area contributed by atoms with Crippen LogP contribution in [0.25, 0.3) is 0 Å². The highest BCUT2D eigenvalue weighted by molar-refractivity contribution is 7.98. The Hall–Kier alpha value is 0.230. The largest absolute Gasteiger partial charge is 0.394 e. The highest BCUT2D eigenvalue weighted by Gasteiger charge is 2.30. The first-order chi connectivity index (χ1) is 7.33. The standard InChI is InChI=1S/C11H23NO2S/c1-15-9-3-2-6-12-11(10-13)4-7-14-8-5-11/h12-13H,2-10H2,1H3. The van der Waals surface area contributed by atoms with Gasteiger partial charge in [-0.3, -0.25) is 0 Å². The van der Waals surface area contributed by atoms with Gasteiger partial charge in [0.25, 0.3) is 0 Å². The summed E-state index contributed by atoms with van der Waals surface area (Å²) in [5.41, 5.74) is -0.0579. The van der Waals surface area contributed by atoms with Gasteiger partial charge in [0.2, 0.25) is 0 Å². The molecular weight excluding hydrogens is 210 g/mol. The molecule has 1 fully saturated rings. The predicted molar refractivity (Wildman–Crippen MR) is 65.5 cm³/mol. The Kier molecular flexibility index (Phi) is 6.64. The van der Waals surface area contributed by atoms with Crippen molar-refractivity contribution < 1.29 is 9.84 Å². The van der Waals surface area contributed by atoms with Crippen LogP contribution in [-0.2, 0) is 4.74 Å². The molecule has 1 aliphatic heterocycles. The van der Waals surface area contributed by atoms with Gasteiger partial charge in [-0.05, 0) is 44.2 Å². The van der Waals surface area contributed by atoms with Crippen molar-refractivity contribution in [3.63, 3.8) is 0 Å². The summed E-state index contributed by atoms with van der Waals surface area (Å²) in [6, 6.07) is 0. The van der Waals surface area contributed by atoms with Gasteiger partial charge in [-0.1, -0.05) is 0 Å². The van der Waals surface area contributed by atoms with Gasteiger partial charge in [-0.15, -0.1) is 0 Å². The Morgan fingerprint density at radius 1 is 1.33 bits per heavy atom. The second-order valence-corrected chi connectivity index (χ2v) is 5.16. The number of unbranched alkanes of at least 4 members (excludes halogenated alkanes) is 1. The molecule has 0 radical (unpaired) electrons. The van der Waals surface area contributed by atoms with Crippen molar-refractivity contribution in [1.29, 1.82) is 0 Å². The maximum atomic E-state index is 9.42. The molecule has 0 spiro atoms. The van der Waals surface area contributed by atoms with E-state index in [1.807, 2.05) is 11.8 Å². The quantitative estimate of drug-likeness (QED) is 0.650. The van der Waals surface area contributed by atoms with Crippen LogP contribution in [-0.4, -0.2) is 49.0 Å². The first-order valence-electron chi connectivity index (χ1n) is 5.75. The lowest BCUT2D eigenvalue weighted by molar-refractivity contribution is 0.0121. The molecule has 0 unspecified atom stereocenters. The lowest BCUT2D eigenvalue weighted by Crippen LogP contribution is -2.52. The van der Waals surface area contributed by atoms with Crippen molar-refractivity contribution in [3.05, 3.63) is 0 Å². The third-order valence-electron chi connectivity index (χ3n) is 3.03. The molecule has 1 heterocycles. The van der Waals surface area contributed by atoms with Gasteiger partial charge in [0.15, 0.2) is 0 Å². The van der Waals surface area contributed by atoms with Crippen molar-refractivity contribution >= 4 is 11.8 Å². The van der Waals surface area contributed by atoms with E-state index in [2.05, 4.69) is 11.6 Å². The highest BCUT2D eigenvalue weighted by atomic mass is 32.2. The minimum Gasteiger partial charge on any atom is -0.394 e. The van der Waals surface area contributed by atoms with Crippen LogP contribution < -0.4 is 5.32 Å². The number of aliphatic hydroxyl groups is 1. The van der Waals surface area contributed by atoms with E-state index in [9.17, 15) is 5.11 Å². The van der Waals surface area contributed by atoms with Crippen molar-refractivity contribution in [2.24, 2.45) is 0 Å². The lowest BCUT2D eigenvalue weighted by Gasteiger charge is -2.36. The Bertz CT molecular complexity index is 161. The summed E-state index contributed by atoms with van der Waals surface area (Å²) in [4.78, 5) is 0. The number of hydrogen-bond donors (Lipinski definition) is 2. The van der Waals surface area contributed by atoms with E-state index in [1.54, 1.807) is 0 Å². The fourth-order valence-corrected chi connectivity index (χ4v) is 2.37. The number of aliphatic hydroxyl groups excluding tert-OH is 1. The van der Waals surface area contributed by atoms with Crippen molar-refractivity contribution in [3.8, 4) is 0 Å². The molecule has 0 aliphatic carbocycles. The van der Waals surface area contributed by atoms with E-state index in [0.717, 1.165) is 32.6 Å². The number of ether oxygens (including phenoxy) is 1. The monoisotopic (exact) mass is 233 g/mol. The van der Waals surface area contributed by atoms with Crippen LogP contribution in [0.1, 0.15) is 25.7 Å². The lowest BCUT2D eigenvalue weighted by atomic mass is 9.91. The summed E-state index contributed by atoms with van der Waals surface area (Å²) in [6.07, 6.45) is 6.47. The van der Waals surface area contributed by atoms with E-state index in [0.29, 0.717) is 0 Å². The van der Waals surface area contributed by atoms with Crippen LogP contribution in [0, 0.1) is 0 Å². The van der Waals surface area contributed by atoms with Crippen molar-refractivity contribution in [2.75, 3.05) is 38.4 Å². The second kappa shape index (κ2) is 7.49. The van der Waals surface area contributed by atoms with Crippen LogP contribution >= 0.6 is 11.8 Å². The Balaban J connectivity index is 2.15. The van der Waals surface area contributed by atoms with E-state index >= 15 is 0 Å². The maximum Gasteiger partial charge on any atom is 0.0615 e. The molecule has 0 bridgehead atoms. The predicted octanol–water partition coefficient (Wildman–Crippen LogP) is 1.26. The van der Waals surface area contributed by atoms with E-state index in [-0.39, 0.29) is 12.1 Å². The number of nitrogens with one attached hydrogen (secondary N) is 1. The van der Waals surface area contributed by atoms with Crippen molar-refractivity contribution in [1.82, 2.24) is 5.32 Å². The third kappa shape index (κ3) is 4.72. The first-order valence-corrected chi connectivity index (χ1v) is 7.15. The molecule has 0 aromatic heterocycles. The van der Waals surface area contributed by atoms with E-state index in [4.69, 9.17) is 4.74 Å². The Morgan fingerprint density at radius 3 is 2.67 bits per heavy atom. The Morgan fingerprint density at radius 2 is 2.07 bits per heavy atom. The van der Waals surface area contributed by atoms with Gasteiger partial charge in [0, 0.05) is 18.8 Å². The minimum atomic E-state index is -0.0579. The molecule has 0 aromatic rings. The molecular formula is C11H23NO2S. The fourth-order valence-electron chi connectivity index (χ4n) is 1.88. The maximum absolute atomic E-state index is 9.42. The van der Waals surface area contributed by atoms with Crippen molar-refractivity contribution in [2.45, 2.75) is 31.2 Å². The van der Waals surface area contributed by atoms with Gasteiger partial charge in [0.1, 0.15) is 0 Å². The van der Waals surface area contributed by atoms with Gasteiger partial charge >= 0.3 is 0 Å². The fraction of sp³-hybridized carbons (Fsp3) is 1.00. The molecule has 0 atom stereocenters. The molecule has 0 amide bonds. The summed E-state index contributed by atoms with van der Waals surface area (Å²) in [6.45, 7) is 2.80. The zero-order valence-corrected chi connectivity index (χ0v) is 10.4. The molecule has 1 rings (SSSR count). The van der Waals surface area contributed by atoms with Gasteiger partial charge in [-0.2, -0.15) is 11.8 Å². The van der Waals surface area contributed by atoms with Gasteiger partial charge < -0.3 is 15.2 Å². The average molecular weight is 233 g/mol. The molecule has 2 N–H and O–H groups in total. The van der Waals surface area contributed by atoms with Crippen LogP contribution in [0.5, 0.6) is 0 Å². The highest BCUT2D eigenvalue weighted by Crippen LogP contribution is 2.19. The topological polar surface area (TPSA) is 41.5 Å². The molecule has 1 saturated heterocycles. The molecule has 1 aliphatic rings.